The van der Waals surface area contributed by atoms with Gasteiger partial charge in [0.2, 0.25) is 0 Å². The van der Waals surface area contributed by atoms with Gasteiger partial charge in [0.25, 0.3) is 0 Å². The first-order valence-corrected chi connectivity index (χ1v) is 4.81. The van der Waals surface area contributed by atoms with Crippen molar-refractivity contribution in [2.24, 2.45) is 0 Å². The Balaban J connectivity index is 0.000000980. The molecule has 1 aromatic carbocycles. The lowest BCUT2D eigenvalue weighted by atomic mass is 9.98. The monoisotopic (exact) mass is 235 g/mol. The molecule has 0 amide bonds. The first-order valence-electron chi connectivity index (χ1n) is 4.43. The van der Waals surface area contributed by atoms with E-state index < -0.39 is 0 Å². The van der Waals surface area contributed by atoms with Crippen molar-refractivity contribution in [3.8, 4) is 0 Å². The molecule has 0 aliphatic carbocycles. The Labute approximate surface area is 94.1 Å². The van der Waals surface area contributed by atoms with Gasteiger partial charge in [-0.25, -0.2) is 4.39 Å². The third-order valence-corrected chi connectivity index (χ3v) is 2.77. The molecule has 0 bridgehead atoms. The van der Waals surface area contributed by atoms with Crippen molar-refractivity contribution >= 4 is 24.0 Å². The van der Waals surface area contributed by atoms with E-state index in [1.807, 2.05) is 6.07 Å². The minimum Gasteiger partial charge on any atom is -0.316 e. The molecule has 1 saturated heterocycles. The van der Waals surface area contributed by atoms with Crippen LogP contribution in [0.1, 0.15) is 17.9 Å². The Morgan fingerprint density at radius 2 is 2.21 bits per heavy atom. The van der Waals surface area contributed by atoms with Crippen LogP contribution in [0.5, 0.6) is 0 Å². The fraction of sp³-hybridized carbons (Fsp3) is 0.400. The molecule has 4 heteroatoms. The molecule has 1 nitrogen and oxygen atoms in total. The van der Waals surface area contributed by atoms with Crippen LogP contribution in [0.4, 0.5) is 4.39 Å². The maximum atomic E-state index is 13.5. The molecule has 1 atom stereocenters. The van der Waals surface area contributed by atoms with E-state index in [9.17, 15) is 4.39 Å². The molecule has 78 valence electrons. The molecule has 0 spiro atoms. The normalized spacial score (nSPS) is 20.6. The Morgan fingerprint density at radius 1 is 1.43 bits per heavy atom. The SMILES string of the molecule is Cl.Fc1c(Cl)cccc1C1CCNC1. The standard InChI is InChI=1S/C10H11ClFN.ClH/c11-9-3-1-2-8(10(9)12)7-4-5-13-6-7;/h1-3,7,13H,4-6H2;1H. The minimum atomic E-state index is -0.252. The van der Waals surface area contributed by atoms with Crippen LogP contribution in [0, 0.1) is 5.82 Å². The van der Waals surface area contributed by atoms with E-state index in [0.717, 1.165) is 25.1 Å². The third kappa shape index (κ3) is 2.19. The summed E-state index contributed by atoms with van der Waals surface area (Å²) in [6.07, 6.45) is 0.997. The van der Waals surface area contributed by atoms with Crippen LogP contribution in [0.25, 0.3) is 0 Å². The predicted molar refractivity (Wildman–Crippen MR) is 58.9 cm³/mol. The average molecular weight is 236 g/mol. The van der Waals surface area contributed by atoms with E-state index in [0.29, 0.717) is 5.92 Å². The lowest BCUT2D eigenvalue weighted by Crippen LogP contribution is -2.09. The zero-order chi connectivity index (χ0) is 9.26. The first-order chi connectivity index (χ1) is 6.29. The van der Waals surface area contributed by atoms with Gasteiger partial charge < -0.3 is 5.32 Å². The number of halogens is 3. The number of rotatable bonds is 1. The molecule has 1 N–H and O–H groups in total. The maximum absolute atomic E-state index is 13.5. The molecule has 1 aromatic rings. The second kappa shape index (κ2) is 4.96. The van der Waals surface area contributed by atoms with Crippen LogP contribution in [0.3, 0.4) is 0 Å². The van der Waals surface area contributed by atoms with E-state index in [4.69, 9.17) is 11.6 Å². The quantitative estimate of drug-likeness (QED) is 0.790. The van der Waals surface area contributed by atoms with Crippen LogP contribution >= 0.6 is 24.0 Å². The summed E-state index contributed by atoms with van der Waals surface area (Å²) in [5.74, 6) is 0.0385. The molecular formula is C10H12Cl2FN. The van der Waals surface area contributed by atoms with Gasteiger partial charge in [-0.15, -0.1) is 12.4 Å². The van der Waals surface area contributed by atoms with Gasteiger partial charge >= 0.3 is 0 Å². The molecule has 0 saturated carbocycles. The van der Waals surface area contributed by atoms with Crippen LogP contribution in [0.2, 0.25) is 5.02 Å². The van der Waals surface area contributed by atoms with Crippen molar-refractivity contribution in [3.05, 3.63) is 34.6 Å². The number of hydrogen-bond acceptors (Lipinski definition) is 1. The lowest BCUT2D eigenvalue weighted by Gasteiger charge is -2.10. The molecule has 1 aliphatic rings. The second-order valence-corrected chi connectivity index (χ2v) is 3.74. The van der Waals surface area contributed by atoms with Crippen molar-refractivity contribution < 1.29 is 4.39 Å². The van der Waals surface area contributed by atoms with Crippen molar-refractivity contribution in [2.45, 2.75) is 12.3 Å². The minimum absolute atomic E-state index is 0. The first kappa shape index (κ1) is 11.8. The van der Waals surface area contributed by atoms with Crippen molar-refractivity contribution in [1.29, 1.82) is 0 Å². The average Bonchev–Trinajstić information content (AvgIpc) is 2.62. The Kier molecular flexibility index (Phi) is 4.17. The number of hydrogen-bond donors (Lipinski definition) is 1. The highest BCUT2D eigenvalue weighted by atomic mass is 35.5. The molecule has 0 aromatic heterocycles. The maximum Gasteiger partial charge on any atom is 0.145 e. The van der Waals surface area contributed by atoms with Crippen molar-refractivity contribution in [2.75, 3.05) is 13.1 Å². The highest BCUT2D eigenvalue weighted by Gasteiger charge is 2.20. The number of nitrogens with one attached hydrogen (secondary N) is 1. The van der Waals surface area contributed by atoms with E-state index in [-0.39, 0.29) is 23.2 Å². The second-order valence-electron chi connectivity index (χ2n) is 3.33. The van der Waals surface area contributed by atoms with Gasteiger partial charge in [-0.05, 0) is 24.6 Å². The summed E-state index contributed by atoms with van der Waals surface area (Å²) in [5, 5.41) is 3.43. The molecule has 0 radical (unpaired) electrons. The molecule has 1 fully saturated rings. The molecule has 14 heavy (non-hydrogen) atoms. The third-order valence-electron chi connectivity index (χ3n) is 2.48. The van der Waals surface area contributed by atoms with Crippen LogP contribution in [-0.4, -0.2) is 13.1 Å². The van der Waals surface area contributed by atoms with Gasteiger partial charge in [-0.3, -0.25) is 0 Å². The molecule has 1 aliphatic heterocycles. The zero-order valence-electron chi connectivity index (χ0n) is 7.59. The summed E-state index contributed by atoms with van der Waals surface area (Å²) in [5.41, 5.74) is 0.748. The molecule has 2 rings (SSSR count). The Morgan fingerprint density at radius 3 is 2.86 bits per heavy atom. The molecular weight excluding hydrogens is 224 g/mol. The van der Waals surface area contributed by atoms with Crippen LogP contribution in [-0.2, 0) is 0 Å². The van der Waals surface area contributed by atoms with E-state index in [2.05, 4.69) is 5.32 Å². The summed E-state index contributed by atoms with van der Waals surface area (Å²) in [4.78, 5) is 0. The zero-order valence-corrected chi connectivity index (χ0v) is 9.17. The Hall–Kier alpha value is -0.310. The van der Waals surface area contributed by atoms with E-state index >= 15 is 0 Å². The predicted octanol–water partition coefficient (Wildman–Crippen LogP) is 2.98. The number of benzene rings is 1. The highest BCUT2D eigenvalue weighted by molar-refractivity contribution is 6.30. The van der Waals surface area contributed by atoms with E-state index in [1.54, 1.807) is 12.1 Å². The summed E-state index contributed by atoms with van der Waals surface area (Å²) in [6.45, 7) is 1.83. The summed E-state index contributed by atoms with van der Waals surface area (Å²) >= 11 is 5.70. The van der Waals surface area contributed by atoms with Crippen molar-refractivity contribution in [3.63, 3.8) is 0 Å². The fourth-order valence-electron chi connectivity index (χ4n) is 1.76. The highest BCUT2D eigenvalue weighted by Crippen LogP contribution is 2.28. The van der Waals surface area contributed by atoms with Gasteiger partial charge in [-0.2, -0.15) is 0 Å². The molecule has 1 heterocycles. The van der Waals surface area contributed by atoms with Gasteiger partial charge in [0.15, 0.2) is 0 Å². The van der Waals surface area contributed by atoms with E-state index in [1.165, 1.54) is 0 Å². The Bertz CT molecular complexity index is 311. The molecule has 1 unspecified atom stereocenters. The summed E-state index contributed by atoms with van der Waals surface area (Å²) in [7, 11) is 0. The lowest BCUT2D eigenvalue weighted by molar-refractivity contribution is 0.588. The largest absolute Gasteiger partial charge is 0.316 e. The van der Waals surface area contributed by atoms with Gasteiger partial charge in [0, 0.05) is 12.5 Å². The fourth-order valence-corrected chi connectivity index (χ4v) is 1.94. The van der Waals surface area contributed by atoms with Crippen LogP contribution < -0.4 is 5.32 Å². The van der Waals surface area contributed by atoms with Gasteiger partial charge in [0.1, 0.15) is 5.82 Å². The van der Waals surface area contributed by atoms with Crippen molar-refractivity contribution in [1.82, 2.24) is 5.32 Å². The summed E-state index contributed by atoms with van der Waals surface area (Å²) < 4.78 is 13.5. The smallest absolute Gasteiger partial charge is 0.145 e. The topological polar surface area (TPSA) is 12.0 Å². The summed E-state index contributed by atoms with van der Waals surface area (Å²) in [6, 6.07) is 5.21. The van der Waals surface area contributed by atoms with Crippen LogP contribution in [0.15, 0.2) is 18.2 Å². The van der Waals surface area contributed by atoms with Gasteiger partial charge in [0.05, 0.1) is 5.02 Å². The van der Waals surface area contributed by atoms with Gasteiger partial charge in [-0.1, -0.05) is 23.7 Å².